The molecule has 0 bridgehead atoms. The van der Waals surface area contributed by atoms with E-state index in [-0.39, 0.29) is 18.6 Å². The SMILES string of the molecule is CCN(CC)[C@H](CNC(=O)COc1ccc2c(C)cc(=O)oc2c1)c1ccccc1. The summed E-state index contributed by atoms with van der Waals surface area (Å²) in [6.07, 6.45) is 0. The van der Waals surface area contributed by atoms with Gasteiger partial charge in [-0.15, -0.1) is 0 Å². The van der Waals surface area contributed by atoms with Gasteiger partial charge in [-0.3, -0.25) is 9.69 Å². The zero-order chi connectivity index (χ0) is 21.5. The lowest BCUT2D eigenvalue weighted by Crippen LogP contribution is -2.39. The van der Waals surface area contributed by atoms with Crippen LogP contribution >= 0.6 is 0 Å². The monoisotopic (exact) mass is 408 g/mol. The number of amides is 1. The Balaban J connectivity index is 1.62. The van der Waals surface area contributed by atoms with Gasteiger partial charge in [0.05, 0.1) is 6.04 Å². The second kappa shape index (κ2) is 10.1. The van der Waals surface area contributed by atoms with Crippen LogP contribution in [0.4, 0.5) is 0 Å². The topological polar surface area (TPSA) is 71.8 Å². The van der Waals surface area contributed by atoms with E-state index in [2.05, 4.69) is 36.2 Å². The van der Waals surface area contributed by atoms with E-state index in [0.717, 1.165) is 24.0 Å². The van der Waals surface area contributed by atoms with E-state index >= 15 is 0 Å². The van der Waals surface area contributed by atoms with Gasteiger partial charge in [-0.05, 0) is 43.3 Å². The van der Waals surface area contributed by atoms with Crippen molar-refractivity contribution in [3.8, 4) is 5.75 Å². The maximum atomic E-state index is 12.4. The normalized spacial score (nSPS) is 12.1. The minimum absolute atomic E-state index is 0.100. The van der Waals surface area contributed by atoms with E-state index < -0.39 is 5.63 Å². The van der Waals surface area contributed by atoms with Gasteiger partial charge in [-0.1, -0.05) is 44.2 Å². The van der Waals surface area contributed by atoms with Crippen molar-refractivity contribution in [2.45, 2.75) is 26.8 Å². The number of rotatable bonds is 9. The highest BCUT2D eigenvalue weighted by Crippen LogP contribution is 2.22. The average molecular weight is 408 g/mol. The Hall–Kier alpha value is -3.12. The molecular formula is C24H28N2O4. The first-order valence-corrected chi connectivity index (χ1v) is 10.2. The molecule has 1 N–H and O–H groups in total. The van der Waals surface area contributed by atoms with Gasteiger partial charge in [0.1, 0.15) is 11.3 Å². The van der Waals surface area contributed by atoms with Gasteiger partial charge in [-0.2, -0.15) is 0 Å². The Labute approximate surface area is 176 Å². The minimum atomic E-state index is -0.404. The first-order valence-electron chi connectivity index (χ1n) is 10.2. The largest absolute Gasteiger partial charge is 0.484 e. The Morgan fingerprint density at radius 2 is 1.83 bits per heavy atom. The van der Waals surface area contributed by atoms with Crippen LogP contribution in [-0.2, 0) is 4.79 Å². The average Bonchev–Trinajstić information content (AvgIpc) is 2.75. The quantitative estimate of drug-likeness (QED) is 0.547. The molecule has 0 radical (unpaired) electrons. The number of hydrogen-bond donors (Lipinski definition) is 1. The van der Waals surface area contributed by atoms with Gasteiger partial charge in [-0.25, -0.2) is 4.79 Å². The summed E-state index contributed by atoms with van der Waals surface area (Å²) >= 11 is 0. The van der Waals surface area contributed by atoms with Crippen molar-refractivity contribution < 1.29 is 13.9 Å². The number of nitrogens with zero attached hydrogens (tertiary/aromatic N) is 1. The molecule has 3 aromatic rings. The molecule has 0 spiro atoms. The lowest BCUT2D eigenvalue weighted by molar-refractivity contribution is -0.123. The molecular weight excluding hydrogens is 380 g/mol. The smallest absolute Gasteiger partial charge is 0.336 e. The van der Waals surface area contributed by atoms with Crippen LogP contribution in [0.5, 0.6) is 5.75 Å². The molecule has 1 atom stereocenters. The third kappa shape index (κ3) is 5.27. The van der Waals surface area contributed by atoms with Crippen molar-refractivity contribution in [3.05, 3.63) is 76.1 Å². The van der Waals surface area contributed by atoms with Crippen LogP contribution in [0.3, 0.4) is 0 Å². The molecule has 2 aromatic carbocycles. The maximum absolute atomic E-state index is 12.4. The third-order valence-corrected chi connectivity index (χ3v) is 5.22. The number of ether oxygens (including phenoxy) is 1. The molecule has 6 heteroatoms. The Bertz CT molecular complexity index is 1040. The van der Waals surface area contributed by atoms with E-state index in [0.29, 0.717) is 17.9 Å². The van der Waals surface area contributed by atoms with Crippen molar-refractivity contribution in [2.24, 2.45) is 0 Å². The number of carbonyl (C=O) groups excluding carboxylic acids is 1. The van der Waals surface area contributed by atoms with Crippen LogP contribution in [-0.4, -0.2) is 37.0 Å². The maximum Gasteiger partial charge on any atom is 0.336 e. The molecule has 0 saturated heterocycles. The van der Waals surface area contributed by atoms with E-state index in [1.165, 1.54) is 11.6 Å². The molecule has 158 valence electrons. The van der Waals surface area contributed by atoms with Crippen molar-refractivity contribution in [3.63, 3.8) is 0 Å². The van der Waals surface area contributed by atoms with Gasteiger partial charge < -0.3 is 14.5 Å². The van der Waals surface area contributed by atoms with E-state index in [1.54, 1.807) is 12.1 Å². The zero-order valence-electron chi connectivity index (χ0n) is 17.7. The number of benzene rings is 2. The minimum Gasteiger partial charge on any atom is -0.484 e. The molecule has 0 fully saturated rings. The van der Waals surface area contributed by atoms with Crippen LogP contribution in [0, 0.1) is 6.92 Å². The Kier molecular flexibility index (Phi) is 7.25. The molecule has 0 unspecified atom stereocenters. The summed E-state index contributed by atoms with van der Waals surface area (Å²) in [4.78, 5) is 26.3. The molecule has 1 heterocycles. The van der Waals surface area contributed by atoms with Crippen LogP contribution in [0.25, 0.3) is 11.0 Å². The Morgan fingerprint density at radius 1 is 1.10 bits per heavy atom. The van der Waals surface area contributed by atoms with Crippen LogP contribution in [0.15, 0.2) is 63.8 Å². The fourth-order valence-electron chi connectivity index (χ4n) is 3.60. The molecule has 0 aliphatic heterocycles. The molecule has 0 saturated carbocycles. The second-order valence-electron chi connectivity index (χ2n) is 7.15. The van der Waals surface area contributed by atoms with Gasteiger partial charge in [0.25, 0.3) is 5.91 Å². The van der Waals surface area contributed by atoms with Gasteiger partial charge >= 0.3 is 5.63 Å². The number of aryl methyl sites for hydroxylation is 1. The number of likely N-dealkylation sites (N-methyl/N-ethyl adjacent to an activating group) is 1. The lowest BCUT2D eigenvalue weighted by Gasteiger charge is -2.30. The molecule has 1 amide bonds. The highest BCUT2D eigenvalue weighted by molar-refractivity contribution is 5.81. The van der Waals surface area contributed by atoms with Crippen molar-refractivity contribution in [2.75, 3.05) is 26.2 Å². The van der Waals surface area contributed by atoms with Crippen LogP contribution in [0.1, 0.15) is 31.0 Å². The molecule has 30 heavy (non-hydrogen) atoms. The summed E-state index contributed by atoms with van der Waals surface area (Å²) in [5.41, 5.74) is 2.05. The number of fused-ring (bicyclic) bond motifs is 1. The summed E-state index contributed by atoms with van der Waals surface area (Å²) in [6, 6.07) is 17.0. The summed E-state index contributed by atoms with van der Waals surface area (Å²) in [7, 11) is 0. The predicted molar refractivity (Wildman–Crippen MR) is 118 cm³/mol. The molecule has 3 rings (SSSR count). The highest BCUT2D eigenvalue weighted by atomic mass is 16.5. The van der Waals surface area contributed by atoms with Gasteiger partial charge in [0, 0.05) is 24.1 Å². The van der Waals surface area contributed by atoms with Crippen molar-refractivity contribution >= 4 is 16.9 Å². The van der Waals surface area contributed by atoms with E-state index in [1.807, 2.05) is 31.2 Å². The van der Waals surface area contributed by atoms with Crippen LogP contribution < -0.4 is 15.7 Å². The number of hydrogen-bond acceptors (Lipinski definition) is 5. The van der Waals surface area contributed by atoms with Crippen LogP contribution in [0.2, 0.25) is 0 Å². The summed E-state index contributed by atoms with van der Waals surface area (Å²) in [5, 5.41) is 3.82. The van der Waals surface area contributed by atoms with Crippen molar-refractivity contribution in [1.29, 1.82) is 0 Å². The fraction of sp³-hybridized carbons (Fsp3) is 0.333. The standard InChI is InChI=1S/C24H28N2O4/c1-4-26(5-2)21(18-9-7-6-8-10-18)15-25-23(27)16-29-19-11-12-20-17(3)13-24(28)30-22(20)14-19/h6-14,21H,4-5,15-16H2,1-3H3,(H,25,27)/t21-/m1/s1. The first-order chi connectivity index (χ1) is 14.5. The summed E-state index contributed by atoms with van der Waals surface area (Å²) in [6.45, 7) is 8.26. The summed E-state index contributed by atoms with van der Waals surface area (Å²) in [5.74, 6) is 0.281. The Morgan fingerprint density at radius 3 is 2.53 bits per heavy atom. The fourth-order valence-corrected chi connectivity index (χ4v) is 3.60. The number of nitrogens with one attached hydrogen (secondary N) is 1. The first kappa shape index (κ1) is 21.6. The molecule has 0 aliphatic carbocycles. The van der Waals surface area contributed by atoms with E-state index in [4.69, 9.17) is 9.15 Å². The molecule has 1 aromatic heterocycles. The second-order valence-corrected chi connectivity index (χ2v) is 7.15. The predicted octanol–water partition coefficient (Wildman–Crippen LogP) is 3.68. The van der Waals surface area contributed by atoms with Gasteiger partial charge in [0.2, 0.25) is 0 Å². The third-order valence-electron chi connectivity index (χ3n) is 5.22. The van der Waals surface area contributed by atoms with E-state index in [9.17, 15) is 9.59 Å². The van der Waals surface area contributed by atoms with Crippen molar-refractivity contribution in [1.82, 2.24) is 10.2 Å². The highest BCUT2D eigenvalue weighted by Gasteiger charge is 2.18. The lowest BCUT2D eigenvalue weighted by atomic mass is 10.1. The number of carbonyl (C=O) groups is 1. The van der Waals surface area contributed by atoms with Gasteiger partial charge in [0.15, 0.2) is 6.61 Å². The zero-order valence-corrected chi connectivity index (χ0v) is 17.7. The summed E-state index contributed by atoms with van der Waals surface area (Å²) < 4.78 is 10.8. The molecule has 0 aliphatic rings. The molecule has 6 nitrogen and oxygen atoms in total.